The molecule has 25 heavy (non-hydrogen) atoms. The maximum Gasteiger partial charge on any atom is 0.248 e. The molecular weight excluding hydrogens is 321 g/mol. The first kappa shape index (κ1) is 16.2. The van der Waals surface area contributed by atoms with Crippen molar-refractivity contribution < 1.29 is 13.9 Å². The fourth-order valence-electron chi connectivity index (χ4n) is 3.63. The van der Waals surface area contributed by atoms with Gasteiger partial charge in [-0.25, -0.2) is 4.39 Å². The summed E-state index contributed by atoms with van der Waals surface area (Å²) < 4.78 is 19.2. The summed E-state index contributed by atoms with van der Waals surface area (Å²) in [5.74, 6) is -0.341. The number of fused-ring (bicyclic) bond motifs is 1. The van der Waals surface area contributed by atoms with E-state index in [4.69, 9.17) is 4.74 Å². The van der Waals surface area contributed by atoms with E-state index in [0.29, 0.717) is 38.4 Å². The van der Waals surface area contributed by atoms with Crippen molar-refractivity contribution in [2.24, 2.45) is 0 Å². The zero-order valence-electron chi connectivity index (χ0n) is 13.9. The third kappa shape index (κ3) is 3.15. The van der Waals surface area contributed by atoms with Crippen LogP contribution in [0.5, 0.6) is 0 Å². The van der Waals surface area contributed by atoms with Crippen molar-refractivity contribution in [2.75, 3.05) is 37.7 Å². The fourth-order valence-corrected chi connectivity index (χ4v) is 3.63. The number of halogens is 1. The Balaban J connectivity index is 1.69. The minimum atomic E-state index is -0.501. The summed E-state index contributed by atoms with van der Waals surface area (Å²) in [5, 5.41) is 0. The van der Waals surface area contributed by atoms with Gasteiger partial charge in [-0.3, -0.25) is 14.7 Å². The zero-order chi connectivity index (χ0) is 17.2. The van der Waals surface area contributed by atoms with Gasteiger partial charge in [0, 0.05) is 32.0 Å². The monoisotopic (exact) mass is 341 g/mol. The highest BCUT2D eigenvalue weighted by Crippen LogP contribution is 2.32. The average molecular weight is 341 g/mol. The summed E-state index contributed by atoms with van der Waals surface area (Å²) in [4.78, 5) is 21.5. The first-order valence-electron chi connectivity index (χ1n) is 8.55. The number of ether oxygens (including phenoxy) is 1. The van der Waals surface area contributed by atoms with E-state index in [-0.39, 0.29) is 11.7 Å². The van der Waals surface area contributed by atoms with Crippen molar-refractivity contribution in [3.8, 4) is 0 Å². The number of carbonyl (C=O) groups excluding carboxylic acids is 1. The first-order chi connectivity index (χ1) is 12.2. The van der Waals surface area contributed by atoms with Crippen LogP contribution in [0.4, 0.5) is 10.1 Å². The van der Waals surface area contributed by atoms with Crippen LogP contribution in [0.3, 0.4) is 0 Å². The number of pyridine rings is 1. The minimum Gasteiger partial charge on any atom is -0.379 e. The molecule has 2 aliphatic heterocycles. The van der Waals surface area contributed by atoms with Crippen molar-refractivity contribution in [2.45, 2.75) is 12.5 Å². The van der Waals surface area contributed by atoms with Gasteiger partial charge in [-0.15, -0.1) is 0 Å². The molecule has 130 valence electrons. The largest absolute Gasteiger partial charge is 0.379 e. The molecule has 1 fully saturated rings. The third-order valence-electron chi connectivity index (χ3n) is 4.85. The van der Waals surface area contributed by atoms with Crippen LogP contribution in [-0.4, -0.2) is 48.6 Å². The van der Waals surface area contributed by atoms with Crippen LogP contribution in [0.15, 0.2) is 42.7 Å². The molecule has 1 amide bonds. The fraction of sp³-hybridized carbons (Fsp3) is 0.368. The second kappa shape index (κ2) is 6.90. The molecule has 3 heterocycles. The van der Waals surface area contributed by atoms with Crippen molar-refractivity contribution >= 4 is 11.6 Å². The van der Waals surface area contributed by atoms with Gasteiger partial charge in [-0.2, -0.15) is 0 Å². The second-order valence-electron chi connectivity index (χ2n) is 6.35. The molecule has 4 rings (SSSR count). The van der Waals surface area contributed by atoms with Crippen molar-refractivity contribution in [3.63, 3.8) is 0 Å². The highest BCUT2D eigenvalue weighted by Gasteiger charge is 2.35. The van der Waals surface area contributed by atoms with Gasteiger partial charge in [0.15, 0.2) is 0 Å². The van der Waals surface area contributed by atoms with Gasteiger partial charge in [0.1, 0.15) is 11.9 Å². The summed E-state index contributed by atoms with van der Waals surface area (Å²) in [7, 11) is 0. The zero-order valence-corrected chi connectivity index (χ0v) is 13.9. The number of benzene rings is 1. The van der Waals surface area contributed by atoms with E-state index < -0.39 is 6.04 Å². The van der Waals surface area contributed by atoms with E-state index in [1.165, 1.54) is 12.1 Å². The number of anilines is 1. The normalized spacial score (nSPS) is 18.8. The Hall–Kier alpha value is -2.31. The summed E-state index contributed by atoms with van der Waals surface area (Å²) >= 11 is 0. The Morgan fingerprint density at radius 3 is 2.84 bits per heavy atom. The maximum absolute atomic E-state index is 13.8. The number of hydrogen-bond donors (Lipinski definition) is 0. The molecular formula is C19H20FN3O2. The Bertz CT molecular complexity index is 777. The minimum absolute atomic E-state index is 0.0162. The summed E-state index contributed by atoms with van der Waals surface area (Å²) in [5.41, 5.74) is 2.68. The van der Waals surface area contributed by atoms with Crippen molar-refractivity contribution in [1.82, 2.24) is 9.88 Å². The smallest absolute Gasteiger partial charge is 0.248 e. The summed E-state index contributed by atoms with van der Waals surface area (Å²) in [6, 6.07) is 7.72. The van der Waals surface area contributed by atoms with Crippen molar-refractivity contribution in [1.29, 1.82) is 0 Å². The van der Waals surface area contributed by atoms with Gasteiger partial charge in [-0.05, 0) is 35.7 Å². The van der Waals surface area contributed by atoms with Gasteiger partial charge < -0.3 is 9.64 Å². The molecule has 0 saturated carbocycles. The third-order valence-corrected chi connectivity index (χ3v) is 4.85. The number of nitrogens with zero attached hydrogens (tertiary/aromatic N) is 3. The molecule has 2 aromatic rings. The van der Waals surface area contributed by atoms with E-state index in [1.54, 1.807) is 12.3 Å². The van der Waals surface area contributed by atoms with Gasteiger partial charge in [0.2, 0.25) is 5.91 Å². The molecule has 2 aliphatic rings. The van der Waals surface area contributed by atoms with E-state index in [2.05, 4.69) is 9.88 Å². The van der Waals surface area contributed by atoms with E-state index in [0.717, 1.165) is 17.7 Å². The summed E-state index contributed by atoms with van der Waals surface area (Å²) in [6.07, 6.45) is 4.32. The quantitative estimate of drug-likeness (QED) is 0.858. The van der Waals surface area contributed by atoms with Crippen LogP contribution in [0, 0.1) is 5.82 Å². The molecule has 1 aromatic heterocycles. The summed E-state index contributed by atoms with van der Waals surface area (Å²) in [6.45, 7) is 3.11. The molecule has 0 aliphatic carbocycles. The number of rotatable bonds is 3. The van der Waals surface area contributed by atoms with Crippen molar-refractivity contribution in [3.05, 3.63) is 59.7 Å². The van der Waals surface area contributed by atoms with Gasteiger partial charge >= 0.3 is 0 Å². The number of aromatic nitrogens is 1. The molecule has 1 saturated heterocycles. The van der Waals surface area contributed by atoms with Crippen LogP contribution >= 0.6 is 0 Å². The highest BCUT2D eigenvalue weighted by atomic mass is 19.1. The number of carbonyl (C=O) groups is 1. The van der Waals surface area contributed by atoms with Crippen LogP contribution in [-0.2, 0) is 16.0 Å². The first-order valence-corrected chi connectivity index (χ1v) is 8.55. The lowest BCUT2D eigenvalue weighted by Crippen LogP contribution is -2.47. The van der Waals surface area contributed by atoms with Crippen LogP contribution in [0.1, 0.15) is 17.2 Å². The Morgan fingerprint density at radius 2 is 2.04 bits per heavy atom. The lowest BCUT2D eigenvalue weighted by atomic mass is 10.0. The number of morpholine rings is 1. The Kier molecular flexibility index (Phi) is 4.46. The lowest BCUT2D eigenvalue weighted by Gasteiger charge is -2.36. The Morgan fingerprint density at radius 1 is 1.20 bits per heavy atom. The molecule has 1 aromatic carbocycles. The van der Waals surface area contributed by atoms with Crippen LogP contribution < -0.4 is 4.90 Å². The molecule has 0 spiro atoms. The van der Waals surface area contributed by atoms with Gasteiger partial charge in [0.25, 0.3) is 0 Å². The predicted octanol–water partition coefficient (Wildman–Crippen LogP) is 2.18. The highest BCUT2D eigenvalue weighted by molar-refractivity contribution is 5.99. The molecule has 0 N–H and O–H groups in total. The molecule has 0 unspecified atom stereocenters. The molecule has 0 radical (unpaired) electrons. The topological polar surface area (TPSA) is 45.7 Å². The van der Waals surface area contributed by atoms with Crippen LogP contribution in [0.25, 0.3) is 0 Å². The molecule has 0 bridgehead atoms. The van der Waals surface area contributed by atoms with E-state index in [9.17, 15) is 9.18 Å². The molecule has 5 nitrogen and oxygen atoms in total. The van der Waals surface area contributed by atoms with E-state index >= 15 is 0 Å². The number of hydrogen-bond acceptors (Lipinski definition) is 4. The van der Waals surface area contributed by atoms with Gasteiger partial charge in [0.05, 0.1) is 18.9 Å². The lowest BCUT2D eigenvalue weighted by molar-refractivity contribution is -0.125. The average Bonchev–Trinajstić information content (AvgIpc) is 3.07. The maximum atomic E-state index is 13.8. The molecule has 1 atom stereocenters. The second-order valence-corrected chi connectivity index (χ2v) is 6.35. The predicted molar refractivity (Wildman–Crippen MR) is 91.8 cm³/mol. The van der Waals surface area contributed by atoms with E-state index in [1.807, 2.05) is 23.2 Å². The standard InChI is InChI=1S/C19H20FN3O2/c20-16-3-1-2-14(12-16)18(22-8-10-25-11-9-22)19(24)23-7-5-15-13-21-6-4-17(15)23/h1-4,6,12-13,18H,5,7-11H2/t18-/m1/s1. The number of amides is 1. The van der Waals surface area contributed by atoms with Crippen LogP contribution in [0.2, 0.25) is 0 Å². The van der Waals surface area contributed by atoms with Gasteiger partial charge in [-0.1, -0.05) is 12.1 Å². The SMILES string of the molecule is O=C([C@@H](c1cccc(F)c1)N1CCOCC1)N1CCc2cnccc21. The Labute approximate surface area is 146 Å². The molecule has 6 heteroatoms.